The number of Topliss-reactive ketones (excluding diaryl/α,β-unsaturated/α-hetero) is 1. The Labute approximate surface area is 236 Å². The van der Waals surface area contributed by atoms with Gasteiger partial charge in [0.2, 0.25) is 0 Å². The summed E-state index contributed by atoms with van der Waals surface area (Å²) >= 11 is 12.5. The van der Waals surface area contributed by atoms with Crippen LogP contribution in [0.4, 0.5) is 5.69 Å². The topological polar surface area (TPSA) is 66.8 Å². The summed E-state index contributed by atoms with van der Waals surface area (Å²) in [7, 11) is 0. The van der Waals surface area contributed by atoms with Gasteiger partial charge in [-0.2, -0.15) is 0 Å². The number of carbonyl (C=O) groups is 2. The fraction of sp³-hybridized carbons (Fsp3) is 0.125. The summed E-state index contributed by atoms with van der Waals surface area (Å²) in [6, 6.07) is 26.2. The number of halogens is 2. The SMILES string of the molecule is Cc1ccc(N2C(=O)C(=O)/C(=C(\O)c3ccc(OCc4ccccc4)c(C)c3)C2c2ccc(Cl)c(Cl)c2)cc1. The first kappa shape index (κ1) is 26.5. The normalized spacial score (nSPS) is 16.5. The lowest BCUT2D eigenvalue weighted by atomic mass is 9.94. The number of carbonyl (C=O) groups excluding carboxylic acids is 2. The van der Waals surface area contributed by atoms with Crippen LogP contribution in [0.3, 0.4) is 0 Å². The minimum absolute atomic E-state index is 0.0312. The van der Waals surface area contributed by atoms with Crippen molar-refractivity contribution < 1.29 is 19.4 Å². The smallest absolute Gasteiger partial charge is 0.300 e. The first-order valence-corrected chi connectivity index (χ1v) is 13.1. The summed E-state index contributed by atoms with van der Waals surface area (Å²) in [5, 5.41) is 12.1. The largest absolute Gasteiger partial charge is 0.507 e. The van der Waals surface area contributed by atoms with Crippen molar-refractivity contribution in [3.8, 4) is 5.75 Å². The van der Waals surface area contributed by atoms with Crippen molar-refractivity contribution in [2.45, 2.75) is 26.5 Å². The van der Waals surface area contributed by atoms with Gasteiger partial charge in [0.1, 0.15) is 18.1 Å². The van der Waals surface area contributed by atoms with Crippen LogP contribution < -0.4 is 9.64 Å². The van der Waals surface area contributed by atoms with Crippen LogP contribution in [0.25, 0.3) is 5.76 Å². The van der Waals surface area contributed by atoms with E-state index in [1.165, 1.54) is 4.90 Å². The molecule has 1 atom stereocenters. The van der Waals surface area contributed by atoms with Gasteiger partial charge in [-0.1, -0.05) is 77.3 Å². The molecule has 4 aromatic rings. The van der Waals surface area contributed by atoms with Gasteiger partial charge in [-0.05, 0) is 73.0 Å². The van der Waals surface area contributed by atoms with Crippen molar-refractivity contribution in [2.24, 2.45) is 0 Å². The molecule has 1 aliphatic heterocycles. The number of ketones is 1. The van der Waals surface area contributed by atoms with E-state index in [4.69, 9.17) is 27.9 Å². The molecule has 0 spiro atoms. The van der Waals surface area contributed by atoms with Crippen LogP contribution in [-0.2, 0) is 16.2 Å². The predicted molar refractivity (Wildman–Crippen MR) is 154 cm³/mol. The van der Waals surface area contributed by atoms with Gasteiger partial charge in [-0.3, -0.25) is 14.5 Å². The molecule has 0 bridgehead atoms. The molecule has 1 unspecified atom stereocenters. The molecule has 1 saturated heterocycles. The Bertz CT molecular complexity index is 1600. The molecule has 39 heavy (non-hydrogen) atoms. The van der Waals surface area contributed by atoms with Gasteiger partial charge in [0.05, 0.1) is 21.7 Å². The van der Waals surface area contributed by atoms with Crippen LogP contribution in [0.15, 0.2) is 96.6 Å². The first-order chi connectivity index (χ1) is 18.7. The van der Waals surface area contributed by atoms with Crippen LogP contribution in [0.5, 0.6) is 5.75 Å². The highest BCUT2D eigenvalue weighted by Crippen LogP contribution is 2.43. The lowest BCUT2D eigenvalue weighted by Crippen LogP contribution is -2.29. The van der Waals surface area contributed by atoms with Gasteiger partial charge in [0, 0.05) is 11.3 Å². The Morgan fingerprint density at radius 2 is 1.59 bits per heavy atom. The molecule has 0 aromatic heterocycles. The number of nitrogens with zero attached hydrogens (tertiary/aromatic N) is 1. The molecule has 0 aliphatic carbocycles. The van der Waals surface area contributed by atoms with Crippen LogP contribution >= 0.6 is 23.2 Å². The van der Waals surface area contributed by atoms with E-state index in [0.717, 1.165) is 16.7 Å². The summed E-state index contributed by atoms with van der Waals surface area (Å²) in [6.07, 6.45) is 0. The molecular weight excluding hydrogens is 533 g/mol. The number of rotatable bonds is 6. The average Bonchev–Trinajstić information content (AvgIpc) is 3.20. The number of aliphatic hydroxyl groups excluding tert-OH is 1. The molecular formula is C32H25Cl2NO4. The van der Waals surface area contributed by atoms with E-state index in [9.17, 15) is 14.7 Å². The minimum Gasteiger partial charge on any atom is -0.507 e. The average molecular weight is 558 g/mol. The van der Waals surface area contributed by atoms with E-state index in [1.54, 1.807) is 48.5 Å². The first-order valence-electron chi connectivity index (χ1n) is 12.3. The van der Waals surface area contributed by atoms with Crippen LogP contribution in [0.2, 0.25) is 10.0 Å². The fourth-order valence-corrected chi connectivity index (χ4v) is 4.96. The fourth-order valence-electron chi connectivity index (χ4n) is 4.65. The van der Waals surface area contributed by atoms with Gasteiger partial charge in [-0.25, -0.2) is 0 Å². The molecule has 0 radical (unpaired) electrons. The van der Waals surface area contributed by atoms with E-state index < -0.39 is 17.7 Å². The molecule has 1 fully saturated rings. The second kappa shape index (κ2) is 11.0. The van der Waals surface area contributed by atoms with Crippen molar-refractivity contribution in [1.82, 2.24) is 0 Å². The number of anilines is 1. The standard InChI is InChI=1S/C32H25Cl2NO4/c1-19-8-12-24(13-9-19)35-29(22-10-14-25(33)26(34)17-22)28(31(37)32(35)38)30(36)23-11-15-27(20(2)16-23)39-18-21-6-4-3-5-7-21/h3-17,29,36H,18H2,1-2H3/b30-28-. The van der Waals surface area contributed by atoms with E-state index in [0.29, 0.717) is 34.2 Å². The third-order valence-electron chi connectivity index (χ3n) is 6.70. The Hall–Kier alpha value is -4.06. The minimum atomic E-state index is -0.906. The maximum atomic E-state index is 13.4. The summed E-state index contributed by atoms with van der Waals surface area (Å²) in [4.78, 5) is 28.2. The second-order valence-corrected chi connectivity index (χ2v) is 10.2. The molecule has 0 saturated carbocycles. The zero-order valence-corrected chi connectivity index (χ0v) is 22.8. The van der Waals surface area contributed by atoms with E-state index in [1.807, 2.05) is 56.3 Å². The van der Waals surface area contributed by atoms with Crippen molar-refractivity contribution in [3.63, 3.8) is 0 Å². The molecule has 5 nitrogen and oxygen atoms in total. The van der Waals surface area contributed by atoms with E-state index in [-0.39, 0.29) is 16.4 Å². The van der Waals surface area contributed by atoms with E-state index >= 15 is 0 Å². The van der Waals surface area contributed by atoms with Crippen LogP contribution in [-0.4, -0.2) is 16.8 Å². The summed E-state index contributed by atoms with van der Waals surface area (Å²) in [5.41, 5.74) is 4.24. The van der Waals surface area contributed by atoms with Gasteiger partial charge < -0.3 is 9.84 Å². The maximum Gasteiger partial charge on any atom is 0.300 e. The van der Waals surface area contributed by atoms with E-state index in [2.05, 4.69) is 0 Å². The number of aryl methyl sites for hydroxylation is 2. The monoisotopic (exact) mass is 557 g/mol. The summed E-state index contributed by atoms with van der Waals surface area (Å²) < 4.78 is 5.97. The molecule has 1 heterocycles. The van der Waals surface area contributed by atoms with Gasteiger partial charge in [0.25, 0.3) is 11.7 Å². The molecule has 196 valence electrons. The Kier molecular flexibility index (Phi) is 7.47. The van der Waals surface area contributed by atoms with Crippen molar-refractivity contribution in [2.75, 3.05) is 4.90 Å². The molecule has 4 aromatic carbocycles. The molecule has 1 N–H and O–H groups in total. The zero-order chi connectivity index (χ0) is 27.7. The molecule has 1 aliphatic rings. The zero-order valence-electron chi connectivity index (χ0n) is 21.3. The van der Waals surface area contributed by atoms with Crippen LogP contribution in [0, 0.1) is 13.8 Å². The molecule has 1 amide bonds. The number of hydrogen-bond acceptors (Lipinski definition) is 4. The molecule has 7 heteroatoms. The molecule has 5 rings (SSSR count). The Morgan fingerprint density at radius 3 is 2.26 bits per heavy atom. The number of amides is 1. The van der Waals surface area contributed by atoms with Crippen molar-refractivity contribution in [3.05, 3.63) is 134 Å². The highest BCUT2D eigenvalue weighted by Gasteiger charge is 2.47. The Balaban J connectivity index is 1.57. The third kappa shape index (κ3) is 5.29. The number of ether oxygens (including phenoxy) is 1. The number of hydrogen-bond donors (Lipinski definition) is 1. The highest BCUT2D eigenvalue weighted by molar-refractivity contribution is 6.51. The second-order valence-electron chi connectivity index (χ2n) is 9.43. The highest BCUT2D eigenvalue weighted by atomic mass is 35.5. The van der Waals surface area contributed by atoms with Crippen molar-refractivity contribution >= 4 is 46.3 Å². The van der Waals surface area contributed by atoms with Gasteiger partial charge in [-0.15, -0.1) is 0 Å². The summed E-state index contributed by atoms with van der Waals surface area (Å²) in [6.45, 7) is 4.19. The lowest BCUT2D eigenvalue weighted by molar-refractivity contribution is -0.132. The van der Waals surface area contributed by atoms with Crippen molar-refractivity contribution in [1.29, 1.82) is 0 Å². The third-order valence-corrected chi connectivity index (χ3v) is 7.44. The van der Waals surface area contributed by atoms with Gasteiger partial charge in [0.15, 0.2) is 0 Å². The predicted octanol–water partition coefficient (Wildman–Crippen LogP) is 7.82. The Morgan fingerprint density at radius 1 is 0.872 bits per heavy atom. The lowest BCUT2D eigenvalue weighted by Gasteiger charge is -2.26. The quantitative estimate of drug-likeness (QED) is 0.149. The summed E-state index contributed by atoms with van der Waals surface area (Å²) in [5.74, 6) is -1.16. The number of benzene rings is 4. The van der Waals surface area contributed by atoms with Crippen LogP contribution in [0.1, 0.15) is 33.9 Å². The maximum absolute atomic E-state index is 13.4. The van der Waals surface area contributed by atoms with Gasteiger partial charge >= 0.3 is 0 Å². The number of aliphatic hydroxyl groups is 1.